The molecule has 20 heavy (non-hydrogen) atoms. The van der Waals surface area contributed by atoms with Gasteiger partial charge in [-0.05, 0) is 19.9 Å². The van der Waals surface area contributed by atoms with Crippen LogP contribution in [0.2, 0.25) is 5.15 Å². The Bertz CT molecular complexity index is 629. The molecule has 6 nitrogen and oxygen atoms in total. The third kappa shape index (κ3) is 3.79. The fourth-order valence-corrected chi connectivity index (χ4v) is 1.85. The van der Waals surface area contributed by atoms with Gasteiger partial charge in [-0.3, -0.25) is 10.1 Å². The molecule has 0 aliphatic heterocycles. The van der Waals surface area contributed by atoms with E-state index < -0.39 is 4.92 Å². The van der Waals surface area contributed by atoms with Crippen LogP contribution in [0.5, 0.6) is 0 Å². The van der Waals surface area contributed by atoms with E-state index in [1.54, 1.807) is 32.0 Å². The zero-order valence-corrected chi connectivity index (χ0v) is 12.3. The standard InChI is InChI=1S/C12H11ClN4O2.ClH/c1-7-3-4-9(5-10(7)17(18)19)16-12-6-11(13)14-8(2)15-12;/h3-6H,1-2H3,(H,14,15,16);1H. The average molecular weight is 315 g/mol. The predicted octanol–water partition coefficient (Wildman–Crippen LogP) is 3.82. The van der Waals surface area contributed by atoms with E-state index in [1.807, 2.05) is 0 Å². The number of nitrogens with one attached hydrogen (secondary N) is 1. The van der Waals surface area contributed by atoms with Gasteiger partial charge in [0.25, 0.3) is 5.69 Å². The zero-order valence-electron chi connectivity index (χ0n) is 10.8. The number of anilines is 2. The predicted molar refractivity (Wildman–Crippen MR) is 80.1 cm³/mol. The molecule has 0 saturated carbocycles. The van der Waals surface area contributed by atoms with Gasteiger partial charge in [0.1, 0.15) is 16.8 Å². The van der Waals surface area contributed by atoms with Crippen LogP contribution in [0.3, 0.4) is 0 Å². The van der Waals surface area contributed by atoms with Crippen molar-refractivity contribution in [1.29, 1.82) is 0 Å². The van der Waals surface area contributed by atoms with Gasteiger partial charge in [-0.1, -0.05) is 17.7 Å². The lowest BCUT2D eigenvalue weighted by atomic mass is 10.2. The maximum atomic E-state index is 10.9. The maximum Gasteiger partial charge on any atom is 0.274 e. The molecule has 0 bridgehead atoms. The lowest BCUT2D eigenvalue weighted by Crippen LogP contribution is -1.99. The molecule has 1 heterocycles. The lowest BCUT2D eigenvalue weighted by molar-refractivity contribution is -0.385. The Hall–Kier alpha value is -1.92. The number of benzene rings is 1. The molecular weight excluding hydrogens is 303 g/mol. The Morgan fingerprint density at radius 3 is 2.55 bits per heavy atom. The van der Waals surface area contributed by atoms with Crippen LogP contribution in [-0.2, 0) is 0 Å². The summed E-state index contributed by atoms with van der Waals surface area (Å²) in [6.45, 7) is 3.41. The van der Waals surface area contributed by atoms with Crippen LogP contribution in [-0.4, -0.2) is 14.9 Å². The minimum atomic E-state index is -0.418. The quantitative estimate of drug-likeness (QED) is 0.529. The summed E-state index contributed by atoms with van der Waals surface area (Å²) in [5.41, 5.74) is 1.24. The molecule has 0 unspecified atom stereocenters. The Morgan fingerprint density at radius 2 is 1.95 bits per heavy atom. The monoisotopic (exact) mass is 314 g/mol. The van der Waals surface area contributed by atoms with Gasteiger partial charge in [-0.15, -0.1) is 12.4 Å². The van der Waals surface area contributed by atoms with Crippen molar-refractivity contribution in [3.05, 3.63) is 50.9 Å². The summed E-state index contributed by atoms with van der Waals surface area (Å²) < 4.78 is 0. The molecule has 0 spiro atoms. The number of nitro benzene ring substituents is 1. The molecule has 0 saturated heterocycles. The van der Waals surface area contributed by atoms with Crippen molar-refractivity contribution < 1.29 is 4.92 Å². The SMILES string of the molecule is Cc1nc(Cl)cc(Nc2ccc(C)c([N+](=O)[O-])c2)n1.Cl. The molecular formula is C12H12Cl2N4O2. The Labute approximate surface area is 126 Å². The van der Waals surface area contributed by atoms with E-state index in [2.05, 4.69) is 15.3 Å². The number of rotatable bonds is 3. The van der Waals surface area contributed by atoms with Crippen molar-refractivity contribution in [3.8, 4) is 0 Å². The number of nitrogens with zero attached hydrogens (tertiary/aromatic N) is 3. The van der Waals surface area contributed by atoms with E-state index in [9.17, 15) is 10.1 Å². The van der Waals surface area contributed by atoms with Gasteiger partial charge in [-0.25, -0.2) is 9.97 Å². The smallest absolute Gasteiger partial charge is 0.274 e. The topological polar surface area (TPSA) is 81.0 Å². The first-order chi connectivity index (χ1) is 8.95. The number of nitro groups is 1. The van der Waals surface area contributed by atoms with Gasteiger partial charge < -0.3 is 5.32 Å². The average Bonchev–Trinajstić information content (AvgIpc) is 2.30. The van der Waals surface area contributed by atoms with E-state index in [4.69, 9.17) is 11.6 Å². The lowest BCUT2D eigenvalue weighted by Gasteiger charge is -2.07. The van der Waals surface area contributed by atoms with Crippen LogP contribution < -0.4 is 5.32 Å². The Balaban J connectivity index is 0.00000200. The second-order valence-corrected chi connectivity index (χ2v) is 4.39. The third-order valence-corrected chi connectivity index (χ3v) is 2.68. The maximum absolute atomic E-state index is 10.9. The Morgan fingerprint density at radius 1 is 1.25 bits per heavy atom. The Kier molecular flexibility index (Phi) is 5.24. The highest BCUT2D eigenvalue weighted by molar-refractivity contribution is 6.29. The highest BCUT2D eigenvalue weighted by Gasteiger charge is 2.11. The molecule has 1 N–H and O–H groups in total. The number of halogens is 2. The molecule has 8 heteroatoms. The van der Waals surface area contributed by atoms with Crippen LogP contribution in [0.25, 0.3) is 0 Å². The molecule has 2 rings (SSSR count). The fourth-order valence-electron chi connectivity index (χ4n) is 1.63. The summed E-state index contributed by atoms with van der Waals surface area (Å²) in [6, 6.07) is 6.44. The summed E-state index contributed by atoms with van der Waals surface area (Å²) in [7, 11) is 0. The second kappa shape index (κ2) is 6.49. The van der Waals surface area contributed by atoms with E-state index >= 15 is 0 Å². The number of hydrogen-bond donors (Lipinski definition) is 1. The summed E-state index contributed by atoms with van der Waals surface area (Å²) in [5.74, 6) is 1.02. The molecule has 1 aromatic carbocycles. The highest BCUT2D eigenvalue weighted by atomic mass is 35.5. The van der Waals surface area contributed by atoms with Crippen LogP contribution in [0.1, 0.15) is 11.4 Å². The van der Waals surface area contributed by atoms with Gasteiger partial charge in [0.2, 0.25) is 0 Å². The van der Waals surface area contributed by atoms with E-state index in [0.717, 1.165) is 0 Å². The minimum absolute atomic E-state index is 0. The van der Waals surface area contributed by atoms with Crippen molar-refractivity contribution in [3.63, 3.8) is 0 Å². The first-order valence-electron chi connectivity index (χ1n) is 5.49. The number of aryl methyl sites for hydroxylation is 2. The van der Waals surface area contributed by atoms with E-state index in [0.29, 0.717) is 28.0 Å². The van der Waals surface area contributed by atoms with Crippen LogP contribution in [0.15, 0.2) is 24.3 Å². The first-order valence-corrected chi connectivity index (χ1v) is 5.87. The van der Waals surface area contributed by atoms with Crippen molar-refractivity contribution >= 4 is 41.2 Å². The number of aromatic nitrogens is 2. The number of hydrogen-bond acceptors (Lipinski definition) is 5. The molecule has 0 fully saturated rings. The highest BCUT2D eigenvalue weighted by Crippen LogP contribution is 2.24. The molecule has 0 aliphatic rings. The van der Waals surface area contributed by atoms with Gasteiger partial charge in [0, 0.05) is 23.4 Å². The van der Waals surface area contributed by atoms with Crippen LogP contribution in [0.4, 0.5) is 17.2 Å². The zero-order chi connectivity index (χ0) is 14.0. The van der Waals surface area contributed by atoms with Crippen LogP contribution in [0, 0.1) is 24.0 Å². The molecule has 0 atom stereocenters. The third-order valence-electron chi connectivity index (χ3n) is 2.48. The fraction of sp³-hybridized carbons (Fsp3) is 0.167. The van der Waals surface area contributed by atoms with Gasteiger partial charge >= 0.3 is 0 Å². The van der Waals surface area contributed by atoms with Crippen molar-refractivity contribution in [2.45, 2.75) is 13.8 Å². The minimum Gasteiger partial charge on any atom is -0.340 e. The van der Waals surface area contributed by atoms with Crippen molar-refractivity contribution in [2.24, 2.45) is 0 Å². The molecule has 0 amide bonds. The summed E-state index contributed by atoms with van der Waals surface area (Å²) in [6.07, 6.45) is 0. The largest absolute Gasteiger partial charge is 0.340 e. The van der Waals surface area contributed by atoms with Gasteiger partial charge in [0.05, 0.1) is 4.92 Å². The molecule has 106 valence electrons. The van der Waals surface area contributed by atoms with E-state index in [1.165, 1.54) is 6.07 Å². The van der Waals surface area contributed by atoms with Gasteiger partial charge in [-0.2, -0.15) is 0 Å². The normalized spacial score (nSPS) is 9.75. The van der Waals surface area contributed by atoms with Crippen molar-refractivity contribution in [1.82, 2.24) is 9.97 Å². The molecule has 0 aliphatic carbocycles. The first kappa shape index (κ1) is 16.1. The summed E-state index contributed by atoms with van der Waals surface area (Å²) in [4.78, 5) is 18.5. The molecule has 2 aromatic rings. The molecule has 0 radical (unpaired) electrons. The van der Waals surface area contributed by atoms with E-state index in [-0.39, 0.29) is 18.1 Å². The summed E-state index contributed by atoms with van der Waals surface area (Å²) >= 11 is 5.82. The van der Waals surface area contributed by atoms with Crippen LogP contribution >= 0.6 is 24.0 Å². The molecule has 1 aromatic heterocycles. The second-order valence-electron chi connectivity index (χ2n) is 4.01. The summed E-state index contributed by atoms with van der Waals surface area (Å²) in [5, 5.41) is 14.2. The van der Waals surface area contributed by atoms with Crippen molar-refractivity contribution in [2.75, 3.05) is 5.32 Å². The van der Waals surface area contributed by atoms with Gasteiger partial charge in [0.15, 0.2) is 0 Å².